The van der Waals surface area contributed by atoms with E-state index in [1.807, 2.05) is 6.92 Å². The minimum absolute atomic E-state index is 0.0760. The van der Waals surface area contributed by atoms with E-state index in [4.69, 9.17) is 14.2 Å². The average molecular weight is 369 g/mol. The highest BCUT2D eigenvalue weighted by Crippen LogP contribution is 2.28. The molecule has 2 aromatic rings. The molecule has 0 atom stereocenters. The quantitative estimate of drug-likeness (QED) is 0.763. The Bertz CT molecular complexity index is 734. The van der Waals surface area contributed by atoms with Crippen LogP contribution in [0, 0.1) is 0 Å². The zero-order valence-corrected chi connectivity index (χ0v) is 14.0. The van der Waals surface area contributed by atoms with Crippen LogP contribution in [-0.2, 0) is 4.79 Å². The van der Waals surface area contributed by atoms with Gasteiger partial charge in [-0.3, -0.25) is 4.79 Å². The van der Waals surface area contributed by atoms with Crippen molar-refractivity contribution in [2.45, 2.75) is 13.1 Å². The van der Waals surface area contributed by atoms with Crippen molar-refractivity contribution in [2.24, 2.45) is 0 Å². The first-order valence-electron chi connectivity index (χ1n) is 7.82. The van der Waals surface area contributed by atoms with Gasteiger partial charge in [0.15, 0.2) is 24.7 Å². The van der Waals surface area contributed by atoms with E-state index in [1.54, 1.807) is 30.3 Å². The Morgan fingerprint density at radius 2 is 1.50 bits per heavy atom. The molecule has 0 saturated heterocycles. The summed E-state index contributed by atoms with van der Waals surface area (Å²) < 4.78 is 52.4. The third kappa shape index (κ3) is 6.19. The van der Waals surface area contributed by atoms with E-state index < -0.39 is 18.7 Å². The molecule has 1 N–H and O–H groups in total. The molecule has 0 radical (unpaired) electrons. The average Bonchev–Trinajstić information content (AvgIpc) is 2.60. The number of hydrogen-bond donors (Lipinski definition) is 1. The SMILES string of the molecule is CCOc1ccccc1OCC(=O)Nc1ccccc1OCC(F)(F)F. The Hall–Kier alpha value is -2.90. The van der Waals surface area contributed by atoms with Gasteiger partial charge in [-0.2, -0.15) is 13.2 Å². The van der Waals surface area contributed by atoms with Crippen LogP contribution < -0.4 is 19.5 Å². The van der Waals surface area contributed by atoms with Gasteiger partial charge in [0.25, 0.3) is 5.91 Å². The lowest BCUT2D eigenvalue weighted by Crippen LogP contribution is -2.22. The lowest BCUT2D eigenvalue weighted by molar-refractivity contribution is -0.153. The summed E-state index contributed by atoms with van der Waals surface area (Å²) in [6.45, 7) is 0.480. The number of halogens is 3. The van der Waals surface area contributed by atoms with Gasteiger partial charge in [-0.05, 0) is 31.2 Å². The van der Waals surface area contributed by atoms with Gasteiger partial charge < -0.3 is 19.5 Å². The molecule has 26 heavy (non-hydrogen) atoms. The first-order chi connectivity index (χ1) is 12.4. The maximum absolute atomic E-state index is 12.3. The lowest BCUT2D eigenvalue weighted by Gasteiger charge is -2.14. The normalized spacial score (nSPS) is 10.9. The number of ether oxygens (including phenoxy) is 3. The van der Waals surface area contributed by atoms with E-state index in [-0.39, 0.29) is 18.0 Å². The van der Waals surface area contributed by atoms with E-state index in [9.17, 15) is 18.0 Å². The van der Waals surface area contributed by atoms with Crippen molar-refractivity contribution < 1.29 is 32.2 Å². The second-order valence-electron chi connectivity index (χ2n) is 5.12. The summed E-state index contributed by atoms with van der Waals surface area (Å²) in [7, 11) is 0. The molecule has 8 heteroatoms. The summed E-state index contributed by atoms with van der Waals surface area (Å²) in [5, 5.41) is 2.47. The van der Waals surface area contributed by atoms with Crippen molar-refractivity contribution in [1.29, 1.82) is 0 Å². The Labute approximate surface area is 148 Å². The molecule has 0 aromatic heterocycles. The number of anilines is 1. The summed E-state index contributed by atoms with van der Waals surface area (Å²) in [6.07, 6.45) is -4.47. The fourth-order valence-corrected chi connectivity index (χ4v) is 2.03. The van der Waals surface area contributed by atoms with Gasteiger partial charge in [0.2, 0.25) is 0 Å². The van der Waals surface area contributed by atoms with Crippen molar-refractivity contribution in [3.05, 3.63) is 48.5 Å². The molecule has 2 aromatic carbocycles. The fourth-order valence-electron chi connectivity index (χ4n) is 2.03. The van der Waals surface area contributed by atoms with Crippen molar-refractivity contribution in [3.63, 3.8) is 0 Å². The predicted molar refractivity (Wildman–Crippen MR) is 89.7 cm³/mol. The maximum atomic E-state index is 12.3. The molecule has 0 heterocycles. The second-order valence-corrected chi connectivity index (χ2v) is 5.12. The lowest BCUT2D eigenvalue weighted by atomic mass is 10.3. The molecular formula is C18H18F3NO4. The number of para-hydroxylation sites is 4. The molecular weight excluding hydrogens is 351 g/mol. The number of amides is 1. The van der Waals surface area contributed by atoms with Crippen molar-refractivity contribution in [3.8, 4) is 17.2 Å². The standard InChI is InChI=1S/C18H18F3NO4/c1-2-24-15-9-5-6-10-16(15)25-11-17(23)22-13-7-3-4-8-14(13)26-12-18(19,20)21/h3-10H,2,11-12H2,1H3,(H,22,23). The van der Waals surface area contributed by atoms with Gasteiger partial charge >= 0.3 is 6.18 Å². The number of benzene rings is 2. The zero-order valence-electron chi connectivity index (χ0n) is 14.0. The van der Waals surface area contributed by atoms with Crippen molar-refractivity contribution in [1.82, 2.24) is 0 Å². The number of carbonyl (C=O) groups excluding carboxylic acids is 1. The van der Waals surface area contributed by atoms with E-state index >= 15 is 0 Å². The van der Waals surface area contributed by atoms with E-state index in [0.717, 1.165) is 0 Å². The minimum atomic E-state index is -4.47. The first-order valence-corrected chi connectivity index (χ1v) is 7.82. The molecule has 0 aliphatic rings. The molecule has 0 unspecified atom stereocenters. The molecule has 0 fully saturated rings. The highest BCUT2D eigenvalue weighted by atomic mass is 19.4. The molecule has 0 saturated carbocycles. The number of nitrogens with one attached hydrogen (secondary N) is 1. The summed E-state index contributed by atoms with van der Waals surface area (Å²) in [5.74, 6) is 0.273. The Morgan fingerprint density at radius 3 is 2.12 bits per heavy atom. The molecule has 0 aliphatic carbocycles. The Kier molecular flexibility index (Phi) is 6.71. The smallest absolute Gasteiger partial charge is 0.422 e. The van der Waals surface area contributed by atoms with E-state index in [1.165, 1.54) is 18.2 Å². The first kappa shape index (κ1) is 19.4. The van der Waals surface area contributed by atoms with Crippen LogP contribution in [0.5, 0.6) is 17.2 Å². The summed E-state index contributed by atoms with van der Waals surface area (Å²) in [6, 6.07) is 12.7. The number of carbonyl (C=O) groups is 1. The van der Waals surface area contributed by atoms with Gasteiger partial charge in [-0.1, -0.05) is 24.3 Å². The van der Waals surface area contributed by atoms with Gasteiger partial charge in [0, 0.05) is 0 Å². The summed E-state index contributed by atoms with van der Waals surface area (Å²) in [4.78, 5) is 12.1. The van der Waals surface area contributed by atoms with Crippen LogP contribution in [0.1, 0.15) is 6.92 Å². The van der Waals surface area contributed by atoms with Crippen molar-refractivity contribution in [2.75, 3.05) is 25.1 Å². The minimum Gasteiger partial charge on any atom is -0.490 e. The molecule has 140 valence electrons. The highest BCUT2D eigenvalue weighted by Gasteiger charge is 2.28. The van der Waals surface area contributed by atoms with E-state index in [2.05, 4.69) is 5.32 Å². The third-order valence-electron chi connectivity index (χ3n) is 3.06. The number of alkyl halides is 3. The maximum Gasteiger partial charge on any atom is 0.422 e. The Balaban J connectivity index is 1.96. The number of hydrogen-bond acceptors (Lipinski definition) is 4. The second kappa shape index (κ2) is 8.98. The summed E-state index contributed by atoms with van der Waals surface area (Å²) >= 11 is 0. The molecule has 0 aliphatic heterocycles. The third-order valence-corrected chi connectivity index (χ3v) is 3.06. The highest BCUT2D eigenvalue weighted by molar-refractivity contribution is 5.93. The van der Waals surface area contributed by atoms with Crippen LogP contribution in [0.15, 0.2) is 48.5 Å². The van der Waals surface area contributed by atoms with Crippen molar-refractivity contribution >= 4 is 11.6 Å². The topological polar surface area (TPSA) is 56.8 Å². The van der Waals surface area contributed by atoms with Crippen LogP contribution >= 0.6 is 0 Å². The van der Waals surface area contributed by atoms with Crippen LogP contribution in [0.2, 0.25) is 0 Å². The molecule has 1 amide bonds. The van der Waals surface area contributed by atoms with Gasteiger partial charge in [0.05, 0.1) is 12.3 Å². The van der Waals surface area contributed by atoms with Gasteiger partial charge in [-0.15, -0.1) is 0 Å². The van der Waals surface area contributed by atoms with Crippen LogP contribution in [0.4, 0.5) is 18.9 Å². The zero-order chi connectivity index (χ0) is 19.0. The molecule has 0 spiro atoms. The van der Waals surface area contributed by atoms with Crippen LogP contribution in [0.25, 0.3) is 0 Å². The largest absolute Gasteiger partial charge is 0.490 e. The summed E-state index contributed by atoms with van der Waals surface area (Å²) in [5.41, 5.74) is 0.128. The van der Waals surface area contributed by atoms with E-state index in [0.29, 0.717) is 18.1 Å². The molecule has 2 rings (SSSR count). The number of rotatable bonds is 8. The van der Waals surface area contributed by atoms with Gasteiger partial charge in [0.1, 0.15) is 5.75 Å². The monoisotopic (exact) mass is 369 g/mol. The van der Waals surface area contributed by atoms with Gasteiger partial charge in [-0.25, -0.2) is 0 Å². The Morgan fingerprint density at radius 1 is 0.923 bits per heavy atom. The van der Waals surface area contributed by atoms with Crippen LogP contribution in [-0.4, -0.2) is 31.9 Å². The molecule has 5 nitrogen and oxygen atoms in total. The molecule has 0 bridgehead atoms. The van der Waals surface area contributed by atoms with Crippen LogP contribution in [0.3, 0.4) is 0 Å². The predicted octanol–water partition coefficient (Wildman–Crippen LogP) is 4.04. The fraction of sp³-hybridized carbons (Fsp3) is 0.278.